The topological polar surface area (TPSA) is 103 Å². The Hall–Kier alpha value is -2.45. The van der Waals surface area contributed by atoms with E-state index in [4.69, 9.17) is 25.2 Å². The van der Waals surface area contributed by atoms with Gasteiger partial charge in [-0.15, -0.1) is 0 Å². The van der Waals surface area contributed by atoms with Gasteiger partial charge in [-0.2, -0.15) is 0 Å². The zero-order valence-electron chi connectivity index (χ0n) is 20.7. The number of nitrogens with zero attached hydrogens (tertiary/aromatic N) is 3. The molecule has 0 spiro atoms. The maximum Gasteiger partial charge on any atom is 0.306 e. The molecule has 2 heterocycles. The zero-order valence-corrected chi connectivity index (χ0v) is 20.7. The molecular formula is C25H39N5O3. The van der Waals surface area contributed by atoms with Gasteiger partial charge in [0.1, 0.15) is 11.4 Å². The van der Waals surface area contributed by atoms with Gasteiger partial charge in [0.25, 0.3) is 0 Å². The molecule has 0 saturated carbocycles. The number of unbranched alkanes of at least 4 members (excludes halogenated alkanes) is 2. The van der Waals surface area contributed by atoms with Crippen LogP contribution in [-0.2, 0) is 20.8 Å². The van der Waals surface area contributed by atoms with Crippen LogP contribution >= 0.6 is 0 Å². The van der Waals surface area contributed by atoms with E-state index in [0.717, 1.165) is 67.1 Å². The molecule has 3 N–H and O–H groups in total. The molecule has 2 atom stereocenters. The molecule has 0 amide bonds. The lowest BCUT2D eigenvalue weighted by atomic mass is 10.1. The quantitative estimate of drug-likeness (QED) is 0.430. The smallest absolute Gasteiger partial charge is 0.306 e. The second-order valence-electron chi connectivity index (χ2n) is 9.88. The summed E-state index contributed by atoms with van der Waals surface area (Å²) in [6, 6.07) is 6.21. The summed E-state index contributed by atoms with van der Waals surface area (Å²) < 4.78 is 11.2. The van der Waals surface area contributed by atoms with Crippen LogP contribution in [0.15, 0.2) is 18.2 Å². The number of rotatable bonds is 9. The summed E-state index contributed by atoms with van der Waals surface area (Å²) in [7, 11) is 0. The van der Waals surface area contributed by atoms with Crippen LogP contribution in [0.4, 0.5) is 11.5 Å². The molecule has 8 nitrogen and oxygen atoms in total. The van der Waals surface area contributed by atoms with Gasteiger partial charge in [-0.1, -0.05) is 6.42 Å². The Kier molecular flexibility index (Phi) is 8.48. The number of carbonyl (C=O) groups excluding carboxylic acids is 1. The van der Waals surface area contributed by atoms with Crippen molar-refractivity contribution < 1.29 is 14.3 Å². The third kappa shape index (κ3) is 7.54. The number of anilines is 2. The maximum atomic E-state index is 11.8. The summed E-state index contributed by atoms with van der Waals surface area (Å²) in [5, 5.41) is 3.39. The van der Waals surface area contributed by atoms with Crippen molar-refractivity contribution in [2.45, 2.75) is 84.7 Å². The number of hydrogen-bond acceptors (Lipinski definition) is 8. The second-order valence-corrected chi connectivity index (χ2v) is 9.88. The molecule has 2 aromatic rings. The number of carbonyl (C=O) groups is 1. The third-order valence-electron chi connectivity index (χ3n) is 5.47. The molecule has 8 heteroatoms. The highest BCUT2D eigenvalue weighted by molar-refractivity contribution is 5.80. The molecule has 1 aromatic carbocycles. The molecule has 0 aliphatic carbocycles. The summed E-state index contributed by atoms with van der Waals surface area (Å²) in [6.07, 6.45) is 3.51. The van der Waals surface area contributed by atoms with E-state index in [2.05, 4.69) is 36.2 Å². The van der Waals surface area contributed by atoms with Crippen LogP contribution < -0.4 is 16.0 Å². The zero-order chi connectivity index (χ0) is 24.0. The molecule has 1 fully saturated rings. The highest BCUT2D eigenvalue weighted by Crippen LogP contribution is 2.25. The van der Waals surface area contributed by atoms with E-state index in [1.54, 1.807) is 0 Å². The number of morpholine rings is 1. The monoisotopic (exact) mass is 457 g/mol. The Morgan fingerprint density at radius 1 is 1.15 bits per heavy atom. The van der Waals surface area contributed by atoms with E-state index in [9.17, 15) is 4.79 Å². The summed E-state index contributed by atoms with van der Waals surface area (Å²) in [5.41, 5.74) is 9.10. The van der Waals surface area contributed by atoms with Gasteiger partial charge >= 0.3 is 5.97 Å². The van der Waals surface area contributed by atoms with Crippen molar-refractivity contribution >= 4 is 28.5 Å². The lowest BCUT2D eigenvalue weighted by molar-refractivity contribution is -0.154. The minimum atomic E-state index is -0.426. The SMILES string of the molecule is C[C@@H]1CN(c2ccc3nc(CN)c(NCCCCCC(=O)OC(C)(C)C)nc3c2)C[C@H](C)O1. The van der Waals surface area contributed by atoms with Gasteiger partial charge in [0.2, 0.25) is 0 Å². The molecule has 0 unspecified atom stereocenters. The molecule has 0 bridgehead atoms. The molecular weight excluding hydrogens is 418 g/mol. The normalized spacial score (nSPS) is 19.0. The average molecular weight is 458 g/mol. The minimum Gasteiger partial charge on any atom is -0.460 e. The van der Waals surface area contributed by atoms with Crippen molar-refractivity contribution in [1.29, 1.82) is 0 Å². The molecule has 3 rings (SSSR count). The second kappa shape index (κ2) is 11.1. The number of benzene rings is 1. The Bertz CT molecular complexity index is 934. The van der Waals surface area contributed by atoms with Crippen LogP contribution in [0, 0.1) is 0 Å². The van der Waals surface area contributed by atoms with Gasteiger partial charge in [0.15, 0.2) is 0 Å². The fourth-order valence-corrected chi connectivity index (χ4v) is 4.12. The van der Waals surface area contributed by atoms with Crippen LogP contribution in [0.3, 0.4) is 0 Å². The molecule has 182 valence electrons. The van der Waals surface area contributed by atoms with Crippen molar-refractivity contribution in [3.8, 4) is 0 Å². The summed E-state index contributed by atoms with van der Waals surface area (Å²) in [6.45, 7) is 12.7. The predicted octanol–water partition coefficient (Wildman–Crippen LogP) is 4.02. The van der Waals surface area contributed by atoms with Gasteiger partial charge in [0.05, 0.1) is 28.9 Å². The van der Waals surface area contributed by atoms with E-state index in [0.29, 0.717) is 13.0 Å². The fourth-order valence-electron chi connectivity index (χ4n) is 4.12. The largest absolute Gasteiger partial charge is 0.460 e. The van der Waals surface area contributed by atoms with Crippen molar-refractivity contribution in [1.82, 2.24) is 9.97 Å². The Morgan fingerprint density at radius 3 is 2.55 bits per heavy atom. The highest BCUT2D eigenvalue weighted by Gasteiger charge is 2.23. The lowest BCUT2D eigenvalue weighted by Gasteiger charge is -2.36. The number of esters is 1. The van der Waals surface area contributed by atoms with Crippen molar-refractivity contribution in [2.75, 3.05) is 29.9 Å². The first-order valence-corrected chi connectivity index (χ1v) is 12.0. The number of hydrogen-bond donors (Lipinski definition) is 2. The van der Waals surface area contributed by atoms with Crippen LogP contribution in [0.5, 0.6) is 0 Å². The van der Waals surface area contributed by atoms with Gasteiger partial charge < -0.3 is 25.4 Å². The van der Waals surface area contributed by atoms with Crippen LogP contribution in [0.25, 0.3) is 11.0 Å². The highest BCUT2D eigenvalue weighted by atomic mass is 16.6. The minimum absolute atomic E-state index is 0.138. The standard InChI is InChI=1S/C25H39N5O3/c1-17-15-30(16-18(2)32-17)19-10-11-20-21(13-19)29-24(22(14-26)28-20)27-12-8-6-7-9-23(31)33-25(3,4)5/h10-11,13,17-18H,6-9,12,14-16,26H2,1-5H3,(H,27,29)/t17-,18+. The van der Waals surface area contributed by atoms with Crippen LogP contribution in [0.2, 0.25) is 0 Å². The molecule has 1 aromatic heterocycles. The Balaban J connectivity index is 1.58. The predicted molar refractivity (Wildman–Crippen MR) is 132 cm³/mol. The first-order chi connectivity index (χ1) is 15.6. The average Bonchev–Trinajstić information content (AvgIpc) is 2.73. The summed E-state index contributed by atoms with van der Waals surface area (Å²) >= 11 is 0. The maximum absolute atomic E-state index is 11.8. The first kappa shape index (κ1) is 25.2. The number of nitrogens with two attached hydrogens (primary N) is 1. The van der Waals surface area contributed by atoms with Crippen LogP contribution in [0.1, 0.15) is 66.0 Å². The van der Waals surface area contributed by atoms with Gasteiger partial charge in [-0.25, -0.2) is 9.97 Å². The summed E-state index contributed by atoms with van der Waals surface area (Å²) in [5.74, 6) is 0.596. The number of fused-ring (bicyclic) bond motifs is 1. The number of nitrogens with one attached hydrogen (secondary N) is 1. The lowest BCUT2D eigenvalue weighted by Crippen LogP contribution is -2.45. The Morgan fingerprint density at radius 2 is 1.88 bits per heavy atom. The van der Waals surface area contributed by atoms with Crippen molar-refractivity contribution in [3.63, 3.8) is 0 Å². The molecule has 0 radical (unpaired) electrons. The Labute approximate surface area is 197 Å². The van der Waals surface area contributed by atoms with Crippen LogP contribution in [-0.4, -0.2) is 53.4 Å². The van der Waals surface area contributed by atoms with Gasteiger partial charge in [-0.05, 0) is 65.7 Å². The van der Waals surface area contributed by atoms with E-state index in [1.807, 2.05) is 26.8 Å². The fraction of sp³-hybridized carbons (Fsp3) is 0.640. The van der Waals surface area contributed by atoms with E-state index in [-0.39, 0.29) is 18.2 Å². The number of aromatic nitrogens is 2. The van der Waals surface area contributed by atoms with E-state index in [1.165, 1.54) is 0 Å². The molecule has 1 aliphatic rings. The first-order valence-electron chi connectivity index (χ1n) is 12.0. The van der Waals surface area contributed by atoms with Crippen molar-refractivity contribution in [3.05, 3.63) is 23.9 Å². The van der Waals surface area contributed by atoms with Gasteiger partial charge in [0, 0.05) is 38.3 Å². The van der Waals surface area contributed by atoms with Gasteiger partial charge in [-0.3, -0.25) is 4.79 Å². The molecule has 33 heavy (non-hydrogen) atoms. The molecule has 1 aliphatic heterocycles. The molecule has 1 saturated heterocycles. The van der Waals surface area contributed by atoms with E-state index < -0.39 is 5.60 Å². The van der Waals surface area contributed by atoms with E-state index >= 15 is 0 Å². The van der Waals surface area contributed by atoms with Crippen molar-refractivity contribution in [2.24, 2.45) is 5.73 Å². The number of ether oxygens (including phenoxy) is 2. The summed E-state index contributed by atoms with van der Waals surface area (Å²) in [4.78, 5) is 23.7. The third-order valence-corrected chi connectivity index (χ3v) is 5.47.